The van der Waals surface area contributed by atoms with Crippen molar-refractivity contribution in [3.05, 3.63) is 46.8 Å². The second-order valence-corrected chi connectivity index (χ2v) is 11.2. The summed E-state index contributed by atoms with van der Waals surface area (Å²) in [5, 5.41) is 0. The minimum Gasteiger partial charge on any atom is -0.495 e. The van der Waals surface area contributed by atoms with Crippen LogP contribution in [0.5, 0.6) is 11.5 Å². The van der Waals surface area contributed by atoms with Crippen LogP contribution in [0.25, 0.3) is 10.2 Å². The van der Waals surface area contributed by atoms with Crippen molar-refractivity contribution in [1.29, 1.82) is 0 Å². The lowest BCUT2D eigenvalue weighted by molar-refractivity contribution is -0.0440. The number of sulfonamides is 1. The van der Waals surface area contributed by atoms with E-state index >= 15 is 0 Å². The van der Waals surface area contributed by atoms with Crippen molar-refractivity contribution >= 4 is 37.5 Å². The Morgan fingerprint density at radius 3 is 2.23 bits per heavy atom. The summed E-state index contributed by atoms with van der Waals surface area (Å²) in [7, 11) is -0.509. The Morgan fingerprint density at radius 1 is 1.06 bits per heavy atom. The van der Waals surface area contributed by atoms with Crippen LogP contribution in [-0.2, 0) is 21.3 Å². The third-order valence-corrected chi connectivity index (χ3v) is 8.77. The second-order valence-electron chi connectivity index (χ2n) is 8.30. The van der Waals surface area contributed by atoms with E-state index in [4.69, 9.17) is 14.2 Å². The largest absolute Gasteiger partial charge is 0.495 e. The quantitative estimate of drug-likeness (QED) is 0.496. The predicted molar refractivity (Wildman–Crippen MR) is 134 cm³/mol. The first kappa shape index (κ1) is 25.4. The summed E-state index contributed by atoms with van der Waals surface area (Å²) < 4.78 is 47.0. The number of thiazole rings is 1. The molecule has 1 aliphatic rings. The van der Waals surface area contributed by atoms with Crippen LogP contribution in [0.4, 0.5) is 0 Å². The molecule has 0 N–H and O–H groups in total. The van der Waals surface area contributed by atoms with E-state index < -0.39 is 15.9 Å². The smallest absolute Gasteiger partial charge is 0.279 e. The molecule has 0 bridgehead atoms. The number of carbonyl (C=O) groups excluding carboxylic acids is 1. The molecular formula is C24H29N3O6S2. The molecule has 0 saturated carbocycles. The van der Waals surface area contributed by atoms with Gasteiger partial charge in [-0.15, -0.1) is 0 Å². The third kappa shape index (κ3) is 4.86. The summed E-state index contributed by atoms with van der Waals surface area (Å²) >= 11 is 1.33. The lowest BCUT2D eigenvalue weighted by atomic mass is 10.2. The van der Waals surface area contributed by atoms with Crippen LogP contribution in [-0.4, -0.2) is 62.7 Å². The van der Waals surface area contributed by atoms with Crippen LogP contribution in [0, 0.1) is 0 Å². The standard InChI is InChI=1S/C24H29N3O6S2/c1-6-27-21-19(31-4)11-12-20(32-5)22(21)34-24(27)25-23(28)17-7-9-18(10-8-17)35(29,30)26-13-15(2)33-16(3)14-26/h7-12,15-16H,6,13-14H2,1-5H3. The van der Waals surface area contributed by atoms with Gasteiger partial charge in [0.15, 0.2) is 4.80 Å². The van der Waals surface area contributed by atoms with Crippen molar-refractivity contribution in [1.82, 2.24) is 8.87 Å². The first-order chi connectivity index (χ1) is 16.7. The summed E-state index contributed by atoms with van der Waals surface area (Å²) in [4.78, 5) is 18.0. The summed E-state index contributed by atoms with van der Waals surface area (Å²) in [6.45, 7) is 6.81. The van der Waals surface area contributed by atoms with E-state index in [2.05, 4.69) is 4.99 Å². The van der Waals surface area contributed by atoms with Crippen molar-refractivity contribution < 1.29 is 27.4 Å². The predicted octanol–water partition coefficient (Wildman–Crippen LogP) is 3.28. The topological polar surface area (TPSA) is 99.4 Å². The molecule has 2 atom stereocenters. The number of morpholine rings is 1. The normalized spacial score (nSPS) is 19.7. The van der Waals surface area contributed by atoms with Gasteiger partial charge in [-0.3, -0.25) is 4.79 Å². The maximum atomic E-state index is 13.1. The molecule has 1 amide bonds. The van der Waals surface area contributed by atoms with E-state index in [1.807, 2.05) is 37.5 Å². The molecule has 0 aliphatic carbocycles. The summed E-state index contributed by atoms with van der Waals surface area (Å²) in [6, 6.07) is 9.54. The van der Waals surface area contributed by atoms with E-state index in [-0.39, 0.29) is 17.1 Å². The number of carbonyl (C=O) groups is 1. The minimum absolute atomic E-state index is 0.135. The molecule has 9 nitrogen and oxygen atoms in total. The SMILES string of the molecule is CCn1c(=NC(=O)c2ccc(S(=O)(=O)N3CC(C)OC(C)C3)cc2)sc2c(OC)ccc(OC)c21. The molecule has 11 heteroatoms. The number of hydrogen-bond acceptors (Lipinski definition) is 7. The molecule has 188 valence electrons. The fraction of sp³-hybridized carbons (Fsp3) is 0.417. The number of hydrogen-bond donors (Lipinski definition) is 0. The highest BCUT2D eigenvalue weighted by atomic mass is 32.2. The van der Waals surface area contributed by atoms with E-state index in [0.29, 0.717) is 41.5 Å². The molecule has 1 fully saturated rings. The van der Waals surface area contributed by atoms with Crippen molar-refractivity contribution in [3.8, 4) is 11.5 Å². The average Bonchev–Trinajstić information content (AvgIpc) is 3.20. The fourth-order valence-electron chi connectivity index (χ4n) is 4.23. The van der Waals surface area contributed by atoms with Gasteiger partial charge in [-0.25, -0.2) is 8.42 Å². The van der Waals surface area contributed by atoms with Crippen LogP contribution in [0.2, 0.25) is 0 Å². The van der Waals surface area contributed by atoms with Crippen molar-refractivity contribution in [2.45, 2.75) is 44.4 Å². The molecule has 3 aromatic rings. The number of aryl methyl sites for hydroxylation is 1. The maximum absolute atomic E-state index is 13.1. The van der Waals surface area contributed by atoms with Gasteiger partial charge in [0, 0.05) is 25.2 Å². The van der Waals surface area contributed by atoms with E-state index in [1.165, 1.54) is 39.9 Å². The zero-order valence-corrected chi connectivity index (χ0v) is 22.0. The molecule has 2 aromatic carbocycles. The van der Waals surface area contributed by atoms with Crippen LogP contribution in [0.1, 0.15) is 31.1 Å². The summed E-state index contributed by atoms with van der Waals surface area (Å²) in [5.74, 6) is 0.867. The number of fused-ring (bicyclic) bond motifs is 1. The van der Waals surface area contributed by atoms with Gasteiger partial charge in [-0.2, -0.15) is 9.30 Å². The molecule has 1 aromatic heterocycles. The number of ether oxygens (including phenoxy) is 3. The third-order valence-electron chi connectivity index (χ3n) is 5.83. The lowest BCUT2D eigenvalue weighted by Gasteiger charge is -2.34. The number of rotatable bonds is 6. The minimum atomic E-state index is -3.69. The van der Waals surface area contributed by atoms with Crippen molar-refractivity contribution in [2.24, 2.45) is 4.99 Å². The van der Waals surface area contributed by atoms with Gasteiger partial charge < -0.3 is 18.8 Å². The van der Waals surface area contributed by atoms with Crippen LogP contribution < -0.4 is 14.3 Å². The number of aromatic nitrogens is 1. The number of nitrogens with zero attached hydrogens (tertiary/aromatic N) is 3. The molecule has 0 spiro atoms. The Labute approximate surface area is 208 Å². The van der Waals surface area contributed by atoms with Gasteiger partial charge >= 0.3 is 0 Å². The molecule has 2 unspecified atom stereocenters. The van der Waals surface area contributed by atoms with E-state index in [9.17, 15) is 13.2 Å². The Bertz CT molecular complexity index is 1400. The highest BCUT2D eigenvalue weighted by Gasteiger charge is 2.32. The zero-order chi connectivity index (χ0) is 25.3. The Kier molecular flexibility index (Phi) is 7.32. The summed E-state index contributed by atoms with van der Waals surface area (Å²) in [6.07, 6.45) is -0.367. The first-order valence-electron chi connectivity index (χ1n) is 11.3. The van der Waals surface area contributed by atoms with Gasteiger partial charge in [0.05, 0.1) is 31.3 Å². The number of benzene rings is 2. The monoisotopic (exact) mass is 519 g/mol. The van der Waals surface area contributed by atoms with Crippen molar-refractivity contribution in [2.75, 3.05) is 27.3 Å². The molecule has 1 aliphatic heterocycles. The Morgan fingerprint density at radius 2 is 1.66 bits per heavy atom. The Balaban J connectivity index is 1.68. The highest BCUT2D eigenvalue weighted by molar-refractivity contribution is 7.89. The molecule has 2 heterocycles. The van der Waals surface area contributed by atoms with Gasteiger partial charge in [0.25, 0.3) is 5.91 Å². The molecule has 35 heavy (non-hydrogen) atoms. The van der Waals surface area contributed by atoms with Gasteiger partial charge in [0.2, 0.25) is 10.0 Å². The summed E-state index contributed by atoms with van der Waals surface area (Å²) in [5.41, 5.74) is 1.10. The lowest BCUT2D eigenvalue weighted by Crippen LogP contribution is -2.48. The van der Waals surface area contributed by atoms with Crippen molar-refractivity contribution in [3.63, 3.8) is 0 Å². The van der Waals surface area contributed by atoms with Gasteiger partial charge in [-0.05, 0) is 57.2 Å². The first-order valence-corrected chi connectivity index (χ1v) is 13.5. The zero-order valence-electron chi connectivity index (χ0n) is 20.3. The highest BCUT2D eigenvalue weighted by Crippen LogP contribution is 2.35. The van der Waals surface area contributed by atoms with Gasteiger partial charge in [-0.1, -0.05) is 11.3 Å². The van der Waals surface area contributed by atoms with Crippen LogP contribution in [0.15, 0.2) is 46.3 Å². The second kappa shape index (κ2) is 10.1. The fourth-order valence-corrected chi connectivity index (χ4v) is 7.02. The maximum Gasteiger partial charge on any atom is 0.279 e. The Hall–Kier alpha value is -2.73. The average molecular weight is 520 g/mol. The van der Waals surface area contributed by atoms with Crippen LogP contribution >= 0.6 is 11.3 Å². The number of methoxy groups -OCH3 is 2. The van der Waals surface area contributed by atoms with Gasteiger partial charge in [0.1, 0.15) is 21.7 Å². The molecule has 1 saturated heterocycles. The number of amides is 1. The molecule has 0 radical (unpaired) electrons. The van der Waals surface area contributed by atoms with Crippen LogP contribution in [0.3, 0.4) is 0 Å². The molecular weight excluding hydrogens is 490 g/mol. The molecule has 4 rings (SSSR count). The van der Waals surface area contributed by atoms with E-state index in [1.54, 1.807) is 14.2 Å². The van der Waals surface area contributed by atoms with E-state index in [0.717, 1.165) is 10.2 Å².